The molecule has 2 heterocycles. The third-order valence-electron chi connectivity index (χ3n) is 4.59. The average molecular weight is 431 g/mol. The first kappa shape index (κ1) is 21.4. The zero-order valence-corrected chi connectivity index (χ0v) is 17.9. The molecule has 3 rings (SSSR count). The Morgan fingerprint density at radius 1 is 1.33 bits per heavy atom. The highest BCUT2D eigenvalue weighted by Gasteiger charge is 2.19. The van der Waals surface area contributed by atoms with Crippen molar-refractivity contribution in [1.82, 2.24) is 9.78 Å². The number of amides is 2. The van der Waals surface area contributed by atoms with Crippen LogP contribution in [-0.2, 0) is 13.7 Å². The van der Waals surface area contributed by atoms with E-state index in [-0.39, 0.29) is 29.7 Å². The number of anilines is 1. The van der Waals surface area contributed by atoms with Gasteiger partial charge in [-0.1, -0.05) is 25.4 Å². The summed E-state index contributed by atoms with van der Waals surface area (Å²) >= 11 is 6.23. The van der Waals surface area contributed by atoms with E-state index in [0.29, 0.717) is 10.8 Å². The molecule has 8 nitrogen and oxygen atoms in total. The summed E-state index contributed by atoms with van der Waals surface area (Å²) in [5, 5.41) is 7.20. The number of aryl methyl sites for hydroxylation is 2. The first-order valence-corrected chi connectivity index (χ1v) is 9.69. The number of ether oxygens (including phenoxy) is 1. The molecule has 2 aromatic heterocycles. The van der Waals surface area contributed by atoms with Crippen LogP contribution in [0.25, 0.3) is 0 Å². The van der Waals surface area contributed by atoms with Crippen LogP contribution in [0.5, 0.6) is 5.75 Å². The number of primary amides is 1. The van der Waals surface area contributed by atoms with Crippen molar-refractivity contribution in [1.29, 1.82) is 0 Å². The zero-order valence-electron chi connectivity index (χ0n) is 17.2. The van der Waals surface area contributed by atoms with Crippen LogP contribution in [0.15, 0.2) is 34.9 Å². The molecular formula is C21H23ClN4O4. The molecule has 0 aliphatic carbocycles. The molecule has 0 unspecified atom stereocenters. The third kappa shape index (κ3) is 4.49. The van der Waals surface area contributed by atoms with Crippen molar-refractivity contribution >= 4 is 29.1 Å². The van der Waals surface area contributed by atoms with Gasteiger partial charge in [0.15, 0.2) is 5.76 Å². The summed E-state index contributed by atoms with van der Waals surface area (Å²) in [5.74, 6) is 0.277. The molecule has 0 aliphatic heterocycles. The van der Waals surface area contributed by atoms with Crippen molar-refractivity contribution < 1.29 is 18.7 Å². The predicted molar refractivity (Wildman–Crippen MR) is 113 cm³/mol. The average Bonchev–Trinajstić information content (AvgIpc) is 3.29. The van der Waals surface area contributed by atoms with E-state index in [2.05, 4.69) is 24.3 Å². The van der Waals surface area contributed by atoms with Crippen LogP contribution in [0, 0.1) is 6.92 Å². The van der Waals surface area contributed by atoms with Gasteiger partial charge in [0, 0.05) is 12.1 Å². The minimum absolute atomic E-state index is 0.0734. The Balaban J connectivity index is 1.71. The van der Waals surface area contributed by atoms with E-state index >= 15 is 0 Å². The number of hydrogen-bond donors (Lipinski definition) is 2. The van der Waals surface area contributed by atoms with Crippen LogP contribution in [0.1, 0.15) is 57.7 Å². The fourth-order valence-electron chi connectivity index (χ4n) is 2.98. The van der Waals surface area contributed by atoms with Gasteiger partial charge in [-0.15, -0.1) is 0 Å². The lowest BCUT2D eigenvalue weighted by Crippen LogP contribution is -2.20. The summed E-state index contributed by atoms with van der Waals surface area (Å²) in [6.07, 6.45) is 1.35. The maximum Gasteiger partial charge on any atom is 0.291 e. The van der Waals surface area contributed by atoms with Crippen LogP contribution in [0.3, 0.4) is 0 Å². The number of rotatable bonds is 7. The summed E-state index contributed by atoms with van der Waals surface area (Å²) in [4.78, 5) is 24.0. The van der Waals surface area contributed by atoms with E-state index in [0.717, 1.165) is 16.9 Å². The summed E-state index contributed by atoms with van der Waals surface area (Å²) in [6, 6.07) is 6.99. The third-order valence-corrected chi connectivity index (χ3v) is 5.00. The molecule has 0 bridgehead atoms. The molecule has 0 fully saturated rings. The van der Waals surface area contributed by atoms with Gasteiger partial charge < -0.3 is 20.2 Å². The van der Waals surface area contributed by atoms with Crippen molar-refractivity contribution in [2.45, 2.75) is 33.3 Å². The summed E-state index contributed by atoms with van der Waals surface area (Å²) < 4.78 is 12.8. The van der Waals surface area contributed by atoms with Gasteiger partial charge in [0.25, 0.3) is 11.8 Å². The summed E-state index contributed by atoms with van der Waals surface area (Å²) in [6.45, 7) is 6.17. The molecule has 0 spiro atoms. The van der Waals surface area contributed by atoms with E-state index in [1.54, 1.807) is 13.1 Å². The van der Waals surface area contributed by atoms with Crippen molar-refractivity contribution in [2.24, 2.45) is 12.8 Å². The molecule has 3 aromatic rings. The quantitative estimate of drug-likeness (QED) is 0.587. The fraction of sp³-hybridized carbons (Fsp3) is 0.286. The summed E-state index contributed by atoms with van der Waals surface area (Å²) in [5.41, 5.74) is 7.54. The van der Waals surface area contributed by atoms with Gasteiger partial charge in [-0.2, -0.15) is 5.10 Å². The number of benzene rings is 1. The van der Waals surface area contributed by atoms with Crippen LogP contribution < -0.4 is 15.8 Å². The van der Waals surface area contributed by atoms with Gasteiger partial charge in [0.05, 0.1) is 11.9 Å². The highest BCUT2D eigenvalue weighted by molar-refractivity contribution is 6.31. The minimum Gasteiger partial charge on any atom is -0.485 e. The summed E-state index contributed by atoms with van der Waals surface area (Å²) in [7, 11) is 1.56. The number of nitrogens with two attached hydrogens (primary N) is 1. The normalized spacial score (nSPS) is 11.0. The number of carbonyl (C=O) groups is 2. The molecular weight excluding hydrogens is 408 g/mol. The van der Waals surface area contributed by atoms with Gasteiger partial charge in [-0.25, -0.2) is 0 Å². The molecule has 158 valence electrons. The Hall–Kier alpha value is -3.26. The number of carbonyl (C=O) groups excluding carboxylic acids is 2. The fourth-order valence-corrected chi connectivity index (χ4v) is 3.15. The van der Waals surface area contributed by atoms with Crippen molar-refractivity contribution in [3.05, 3.63) is 63.8 Å². The van der Waals surface area contributed by atoms with Crippen LogP contribution in [-0.4, -0.2) is 21.6 Å². The molecule has 0 atom stereocenters. The first-order valence-electron chi connectivity index (χ1n) is 9.32. The molecule has 2 amide bonds. The van der Waals surface area contributed by atoms with Gasteiger partial charge >= 0.3 is 0 Å². The molecule has 0 saturated carbocycles. The topological polar surface area (TPSA) is 112 Å². The Bertz CT molecular complexity index is 1100. The van der Waals surface area contributed by atoms with E-state index in [9.17, 15) is 9.59 Å². The lowest BCUT2D eigenvalue weighted by molar-refractivity contribution is 0.0992. The first-order chi connectivity index (χ1) is 14.2. The number of furan rings is 1. The van der Waals surface area contributed by atoms with E-state index < -0.39 is 11.8 Å². The maximum absolute atomic E-state index is 12.5. The number of nitrogens with one attached hydrogen (secondary N) is 1. The van der Waals surface area contributed by atoms with Crippen molar-refractivity contribution in [2.75, 3.05) is 5.32 Å². The van der Waals surface area contributed by atoms with E-state index in [4.69, 9.17) is 26.5 Å². The second kappa shape index (κ2) is 8.62. The SMILES string of the molecule is Cc1cc(OCc2ccc(C(=O)Nc3cnn(C)c3C(N)=O)o2)c(C(C)C)cc1Cl. The monoisotopic (exact) mass is 430 g/mol. The van der Waals surface area contributed by atoms with Crippen molar-refractivity contribution in [3.8, 4) is 5.75 Å². The van der Waals surface area contributed by atoms with Crippen LogP contribution >= 0.6 is 11.6 Å². The smallest absolute Gasteiger partial charge is 0.291 e. The number of aromatic nitrogens is 2. The number of nitrogens with zero attached hydrogens (tertiary/aromatic N) is 2. The lowest BCUT2D eigenvalue weighted by atomic mass is 10.0. The Kier molecular flexibility index (Phi) is 6.17. The molecule has 1 aromatic carbocycles. The number of halogens is 1. The largest absolute Gasteiger partial charge is 0.485 e. The van der Waals surface area contributed by atoms with Gasteiger partial charge in [0.2, 0.25) is 0 Å². The predicted octanol–water partition coefficient (Wildman–Crippen LogP) is 4.03. The molecule has 9 heteroatoms. The maximum atomic E-state index is 12.5. The van der Waals surface area contributed by atoms with Crippen LogP contribution in [0.4, 0.5) is 5.69 Å². The van der Waals surface area contributed by atoms with Crippen LogP contribution in [0.2, 0.25) is 5.02 Å². The highest BCUT2D eigenvalue weighted by atomic mass is 35.5. The zero-order chi connectivity index (χ0) is 22.0. The second-order valence-corrected chi connectivity index (χ2v) is 7.60. The minimum atomic E-state index is -0.696. The lowest BCUT2D eigenvalue weighted by Gasteiger charge is -2.15. The van der Waals surface area contributed by atoms with E-state index in [1.165, 1.54) is 16.9 Å². The Morgan fingerprint density at radius 3 is 2.73 bits per heavy atom. The van der Waals surface area contributed by atoms with Gasteiger partial charge in [-0.3, -0.25) is 14.3 Å². The van der Waals surface area contributed by atoms with E-state index in [1.807, 2.05) is 19.1 Å². The molecule has 30 heavy (non-hydrogen) atoms. The molecule has 3 N–H and O–H groups in total. The second-order valence-electron chi connectivity index (χ2n) is 7.20. The molecule has 0 aliphatic rings. The van der Waals surface area contributed by atoms with Crippen molar-refractivity contribution in [3.63, 3.8) is 0 Å². The Morgan fingerprint density at radius 2 is 2.07 bits per heavy atom. The van der Waals surface area contributed by atoms with Gasteiger partial charge in [-0.05, 0) is 48.2 Å². The number of hydrogen-bond acceptors (Lipinski definition) is 5. The Labute approximate surface area is 178 Å². The van der Waals surface area contributed by atoms with Gasteiger partial charge in [0.1, 0.15) is 23.8 Å². The molecule has 0 radical (unpaired) electrons. The molecule has 0 saturated heterocycles. The highest BCUT2D eigenvalue weighted by Crippen LogP contribution is 2.32. The standard InChI is InChI=1S/C21H23ClN4O4/c1-11(2)14-8-15(22)12(3)7-18(14)29-10-13-5-6-17(30-13)21(28)25-16-9-24-26(4)19(16)20(23)27/h5-9,11H,10H2,1-4H3,(H2,23,27)(H,25,28).